The maximum atomic E-state index is 12.7. The lowest BCUT2D eigenvalue weighted by Gasteiger charge is -2.15. The number of rotatable bonds is 3. The highest BCUT2D eigenvalue weighted by atomic mass is 19.1. The Kier molecular flexibility index (Phi) is 3.70. The Bertz CT molecular complexity index is 358. The first-order valence-corrected chi connectivity index (χ1v) is 4.11. The summed E-state index contributed by atoms with van der Waals surface area (Å²) >= 11 is 0. The minimum atomic E-state index is -1.74. The number of halogens is 1. The van der Waals surface area contributed by atoms with Crippen LogP contribution in [0, 0.1) is 5.95 Å². The number of pyridine rings is 1. The summed E-state index contributed by atoms with van der Waals surface area (Å²) in [6.07, 6.45) is -2.15. The summed E-state index contributed by atoms with van der Waals surface area (Å²) in [4.78, 5) is 14.1. The van der Waals surface area contributed by atoms with Crippen LogP contribution in [-0.4, -0.2) is 34.4 Å². The molecule has 6 heteroatoms. The highest BCUT2D eigenvalue weighted by molar-refractivity contribution is 5.75. The first-order chi connectivity index (χ1) is 7.06. The molecule has 0 bridgehead atoms. The predicted octanol–water partition coefficient (Wildman–Crippen LogP) is -0.212. The van der Waals surface area contributed by atoms with Crippen molar-refractivity contribution in [3.8, 4) is 0 Å². The van der Waals surface area contributed by atoms with Crippen molar-refractivity contribution in [2.24, 2.45) is 0 Å². The van der Waals surface area contributed by atoms with Crippen LogP contribution in [0.5, 0.6) is 0 Å². The molecular formula is C9H10FNO4. The Labute approximate surface area is 85.1 Å². The fraction of sp³-hybridized carbons (Fsp3) is 0.333. The minimum absolute atomic E-state index is 0.0559. The van der Waals surface area contributed by atoms with Crippen molar-refractivity contribution in [3.63, 3.8) is 0 Å². The molecule has 0 aromatic carbocycles. The average Bonchev–Trinajstić information content (AvgIpc) is 2.26. The molecule has 0 fully saturated rings. The largest absolute Gasteiger partial charge is 0.467 e. The van der Waals surface area contributed by atoms with E-state index in [4.69, 9.17) is 0 Å². The topological polar surface area (TPSA) is 79.7 Å². The third kappa shape index (κ3) is 2.71. The molecule has 0 amide bonds. The molecule has 15 heavy (non-hydrogen) atoms. The summed E-state index contributed by atoms with van der Waals surface area (Å²) in [5.41, 5.74) is 0.0559. The number of aromatic nitrogens is 1. The molecule has 2 N–H and O–H groups in total. The number of carbonyl (C=O) groups is 1. The van der Waals surface area contributed by atoms with Gasteiger partial charge in [0.2, 0.25) is 5.95 Å². The van der Waals surface area contributed by atoms with Gasteiger partial charge in [0.1, 0.15) is 6.10 Å². The number of nitrogens with zero attached hydrogens (tertiary/aromatic N) is 1. The van der Waals surface area contributed by atoms with Crippen molar-refractivity contribution in [3.05, 3.63) is 29.8 Å². The molecular weight excluding hydrogens is 205 g/mol. The Hall–Kier alpha value is -1.53. The number of hydrogen-bond acceptors (Lipinski definition) is 5. The van der Waals surface area contributed by atoms with Gasteiger partial charge in [-0.2, -0.15) is 4.39 Å². The number of hydrogen-bond donors (Lipinski definition) is 2. The van der Waals surface area contributed by atoms with E-state index in [2.05, 4.69) is 9.72 Å². The molecule has 82 valence electrons. The summed E-state index contributed by atoms with van der Waals surface area (Å²) in [5.74, 6) is -1.79. The average molecular weight is 215 g/mol. The second-order valence-electron chi connectivity index (χ2n) is 2.82. The van der Waals surface area contributed by atoms with Crippen molar-refractivity contribution in [1.82, 2.24) is 4.98 Å². The van der Waals surface area contributed by atoms with E-state index in [9.17, 15) is 19.4 Å². The van der Waals surface area contributed by atoms with Gasteiger partial charge in [-0.3, -0.25) is 0 Å². The van der Waals surface area contributed by atoms with Crippen LogP contribution in [0.25, 0.3) is 0 Å². The molecule has 0 radical (unpaired) electrons. The van der Waals surface area contributed by atoms with Gasteiger partial charge >= 0.3 is 5.97 Å². The summed E-state index contributed by atoms with van der Waals surface area (Å²) in [6.45, 7) is 0. The number of aliphatic hydroxyl groups excluding tert-OH is 2. The third-order valence-corrected chi connectivity index (χ3v) is 1.83. The van der Waals surface area contributed by atoms with E-state index in [0.717, 1.165) is 19.4 Å². The molecule has 0 aliphatic carbocycles. The van der Waals surface area contributed by atoms with Crippen LogP contribution in [0.1, 0.15) is 11.7 Å². The quantitative estimate of drug-likeness (QED) is 0.538. The first-order valence-electron chi connectivity index (χ1n) is 4.11. The van der Waals surface area contributed by atoms with Gasteiger partial charge in [-0.25, -0.2) is 9.78 Å². The summed E-state index contributed by atoms with van der Waals surface area (Å²) < 4.78 is 16.9. The van der Waals surface area contributed by atoms with Gasteiger partial charge in [0, 0.05) is 6.20 Å². The SMILES string of the molecule is COC(=O)C(O)C(O)c1ccnc(F)c1. The van der Waals surface area contributed by atoms with E-state index in [1.54, 1.807) is 0 Å². The van der Waals surface area contributed by atoms with Crippen LogP contribution >= 0.6 is 0 Å². The summed E-state index contributed by atoms with van der Waals surface area (Å²) in [6, 6.07) is 2.22. The zero-order valence-corrected chi connectivity index (χ0v) is 7.92. The van der Waals surface area contributed by atoms with Crippen LogP contribution in [0.2, 0.25) is 0 Å². The van der Waals surface area contributed by atoms with E-state index in [1.165, 1.54) is 6.07 Å². The number of esters is 1. The number of ether oxygens (including phenoxy) is 1. The smallest absolute Gasteiger partial charge is 0.337 e. The van der Waals surface area contributed by atoms with Crippen molar-refractivity contribution in [1.29, 1.82) is 0 Å². The molecule has 0 aliphatic heterocycles. The molecule has 0 saturated heterocycles. The van der Waals surface area contributed by atoms with Gasteiger partial charge in [0.05, 0.1) is 7.11 Å². The normalized spacial score (nSPS) is 14.4. The van der Waals surface area contributed by atoms with Gasteiger partial charge in [-0.15, -0.1) is 0 Å². The molecule has 2 unspecified atom stereocenters. The molecule has 1 aromatic rings. The lowest BCUT2D eigenvalue weighted by Crippen LogP contribution is -2.29. The molecule has 1 heterocycles. The highest BCUT2D eigenvalue weighted by Crippen LogP contribution is 2.17. The Morgan fingerprint density at radius 2 is 2.27 bits per heavy atom. The molecule has 1 aromatic heterocycles. The molecule has 0 saturated carbocycles. The Morgan fingerprint density at radius 1 is 1.60 bits per heavy atom. The van der Waals surface area contributed by atoms with Gasteiger partial charge in [-0.1, -0.05) is 0 Å². The first kappa shape index (κ1) is 11.5. The number of methoxy groups -OCH3 is 1. The second-order valence-corrected chi connectivity index (χ2v) is 2.82. The molecule has 5 nitrogen and oxygen atoms in total. The van der Waals surface area contributed by atoms with Crippen LogP contribution in [0.3, 0.4) is 0 Å². The molecule has 2 atom stereocenters. The summed E-state index contributed by atoms with van der Waals surface area (Å²) in [7, 11) is 1.07. The fourth-order valence-electron chi connectivity index (χ4n) is 1.03. The van der Waals surface area contributed by atoms with Gasteiger partial charge < -0.3 is 14.9 Å². The van der Waals surface area contributed by atoms with Crippen molar-refractivity contribution >= 4 is 5.97 Å². The third-order valence-electron chi connectivity index (χ3n) is 1.83. The molecule has 0 spiro atoms. The fourth-order valence-corrected chi connectivity index (χ4v) is 1.03. The van der Waals surface area contributed by atoms with E-state index < -0.39 is 24.1 Å². The monoisotopic (exact) mass is 215 g/mol. The van der Waals surface area contributed by atoms with E-state index in [1.807, 2.05) is 0 Å². The van der Waals surface area contributed by atoms with E-state index in [-0.39, 0.29) is 5.56 Å². The summed E-state index contributed by atoms with van der Waals surface area (Å²) in [5, 5.41) is 18.7. The van der Waals surface area contributed by atoms with Gasteiger partial charge in [0.25, 0.3) is 0 Å². The molecule has 1 rings (SSSR count). The highest BCUT2D eigenvalue weighted by Gasteiger charge is 2.26. The Morgan fingerprint density at radius 3 is 2.80 bits per heavy atom. The maximum absolute atomic E-state index is 12.7. The van der Waals surface area contributed by atoms with Crippen molar-refractivity contribution in [2.45, 2.75) is 12.2 Å². The van der Waals surface area contributed by atoms with Crippen molar-refractivity contribution < 1.29 is 24.1 Å². The van der Waals surface area contributed by atoms with Crippen LogP contribution in [-0.2, 0) is 9.53 Å². The van der Waals surface area contributed by atoms with Crippen LogP contribution in [0.15, 0.2) is 18.3 Å². The number of aliphatic hydroxyl groups is 2. The molecule has 0 aliphatic rings. The number of carbonyl (C=O) groups excluding carboxylic acids is 1. The second kappa shape index (κ2) is 4.81. The van der Waals surface area contributed by atoms with Gasteiger partial charge in [0.15, 0.2) is 6.10 Å². The lowest BCUT2D eigenvalue weighted by atomic mass is 10.1. The van der Waals surface area contributed by atoms with E-state index >= 15 is 0 Å². The van der Waals surface area contributed by atoms with E-state index in [0.29, 0.717) is 0 Å². The predicted molar refractivity (Wildman–Crippen MR) is 47.2 cm³/mol. The minimum Gasteiger partial charge on any atom is -0.467 e. The van der Waals surface area contributed by atoms with Crippen LogP contribution < -0.4 is 0 Å². The van der Waals surface area contributed by atoms with Crippen molar-refractivity contribution in [2.75, 3.05) is 7.11 Å². The van der Waals surface area contributed by atoms with Crippen LogP contribution in [0.4, 0.5) is 4.39 Å². The zero-order valence-electron chi connectivity index (χ0n) is 7.92. The lowest BCUT2D eigenvalue weighted by molar-refractivity contribution is -0.156. The maximum Gasteiger partial charge on any atom is 0.337 e. The standard InChI is InChI=1S/C9H10FNO4/c1-15-9(14)8(13)7(12)5-2-3-11-6(10)4-5/h2-4,7-8,12-13H,1H3. The zero-order chi connectivity index (χ0) is 11.4. The van der Waals surface area contributed by atoms with Gasteiger partial charge in [-0.05, 0) is 17.7 Å². The Balaban J connectivity index is 2.84.